The fraction of sp³-hybridized carbons (Fsp3) is 0.143. The third-order valence-electron chi connectivity index (χ3n) is 2.60. The second kappa shape index (κ2) is 6.01. The molecule has 0 N–H and O–H groups in total. The number of aromatic nitrogens is 1. The van der Waals surface area contributed by atoms with Crippen molar-refractivity contribution in [3.8, 4) is 11.1 Å². The molecule has 0 saturated carbocycles. The van der Waals surface area contributed by atoms with Crippen molar-refractivity contribution in [2.24, 2.45) is 4.40 Å². The second-order valence-corrected chi connectivity index (χ2v) is 6.15. The summed E-state index contributed by atoms with van der Waals surface area (Å²) in [5.41, 5.74) is 0.745. The Kier molecular flexibility index (Phi) is 4.32. The highest BCUT2D eigenvalue weighted by molar-refractivity contribution is 7.90. The fourth-order valence-corrected chi connectivity index (χ4v) is 2.84. The van der Waals surface area contributed by atoms with Crippen molar-refractivity contribution < 1.29 is 12.8 Å². The number of hydrogen-bond acceptors (Lipinski definition) is 3. The molecular formula is C14H14FN3O2S. The van der Waals surface area contributed by atoms with Gasteiger partial charge in [-0.15, -0.1) is 4.40 Å². The van der Waals surface area contributed by atoms with E-state index in [-0.39, 0.29) is 4.90 Å². The van der Waals surface area contributed by atoms with E-state index in [4.69, 9.17) is 0 Å². The summed E-state index contributed by atoms with van der Waals surface area (Å²) in [6.45, 7) is 0. The van der Waals surface area contributed by atoms with Crippen LogP contribution < -0.4 is 0 Å². The summed E-state index contributed by atoms with van der Waals surface area (Å²) in [6, 6.07) is 7.53. The number of nitrogens with zero attached hydrogens (tertiary/aromatic N) is 3. The highest BCUT2D eigenvalue weighted by Gasteiger charge is 2.18. The van der Waals surface area contributed by atoms with Crippen LogP contribution in [0.15, 0.2) is 52.0 Å². The monoisotopic (exact) mass is 307 g/mol. The minimum atomic E-state index is -3.87. The van der Waals surface area contributed by atoms with E-state index in [0.717, 1.165) is 6.20 Å². The summed E-state index contributed by atoms with van der Waals surface area (Å²) in [7, 11) is -0.533. The van der Waals surface area contributed by atoms with Crippen LogP contribution in [0.2, 0.25) is 0 Å². The lowest BCUT2D eigenvalue weighted by Gasteiger charge is -2.08. The number of halogens is 1. The molecule has 1 aromatic carbocycles. The predicted molar refractivity (Wildman–Crippen MR) is 79.0 cm³/mol. The van der Waals surface area contributed by atoms with Gasteiger partial charge in [-0.1, -0.05) is 18.2 Å². The van der Waals surface area contributed by atoms with Crippen LogP contribution in [0, 0.1) is 5.82 Å². The van der Waals surface area contributed by atoms with Crippen molar-refractivity contribution in [3.63, 3.8) is 0 Å². The molecule has 0 radical (unpaired) electrons. The Labute approximate surface area is 122 Å². The normalized spacial score (nSPS) is 11.8. The molecule has 1 heterocycles. The van der Waals surface area contributed by atoms with E-state index in [1.54, 1.807) is 32.3 Å². The van der Waals surface area contributed by atoms with Gasteiger partial charge in [-0.2, -0.15) is 8.42 Å². The molecule has 0 atom stereocenters. The van der Waals surface area contributed by atoms with Gasteiger partial charge in [0.15, 0.2) is 0 Å². The van der Waals surface area contributed by atoms with Crippen LogP contribution >= 0.6 is 0 Å². The maximum Gasteiger partial charge on any atom is 0.284 e. The molecule has 21 heavy (non-hydrogen) atoms. The predicted octanol–water partition coefficient (Wildman–Crippen LogP) is 2.17. The summed E-state index contributed by atoms with van der Waals surface area (Å²) in [5, 5.41) is 0. The summed E-state index contributed by atoms with van der Waals surface area (Å²) in [6.07, 6.45) is 3.67. The van der Waals surface area contributed by atoms with E-state index in [9.17, 15) is 12.8 Å². The summed E-state index contributed by atoms with van der Waals surface area (Å²) in [5.74, 6) is -0.531. The Balaban J connectivity index is 2.57. The van der Waals surface area contributed by atoms with Crippen molar-refractivity contribution in [1.82, 2.24) is 9.88 Å². The molecule has 0 aliphatic carbocycles. The van der Waals surface area contributed by atoms with Crippen molar-refractivity contribution >= 4 is 16.4 Å². The number of sulfonamides is 1. The van der Waals surface area contributed by atoms with Crippen LogP contribution in [0.1, 0.15) is 0 Å². The molecule has 7 heteroatoms. The van der Waals surface area contributed by atoms with E-state index in [0.29, 0.717) is 11.1 Å². The lowest BCUT2D eigenvalue weighted by Crippen LogP contribution is -2.10. The van der Waals surface area contributed by atoms with Crippen LogP contribution in [0.3, 0.4) is 0 Å². The smallest absolute Gasteiger partial charge is 0.284 e. The Hall–Kier alpha value is -2.28. The standard InChI is InChI=1S/C14H14FN3O2S/c1-18(2)10-17-21(19,20)14-6-4-3-5-13(14)11-7-12(15)9-16-8-11/h3-10H,1-2H3. The Morgan fingerprint density at radius 2 is 1.95 bits per heavy atom. The van der Waals surface area contributed by atoms with Gasteiger partial charge in [-0.25, -0.2) is 4.39 Å². The van der Waals surface area contributed by atoms with Gasteiger partial charge in [0.2, 0.25) is 0 Å². The maximum atomic E-state index is 13.3. The van der Waals surface area contributed by atoms with Crippen LogP contribution in [0.5, 0.6) is 0 Å². The third-order valence-corrected chi connectivity index (χ3v) is 3.88. The molecule has 110 valence electrons. The first-order chi connectivity index (χ1) is 9.90. The molecule has 5 nitrogen and oxygen atoms in total. The van der Waals surface area contributed by atoms with Gasteiger partial charge < -0.3 is 4.90 Å². The Morgan fingerprint density at radius 3 is 2.62 bits per heavy atom. The maximum absolute atomic E-state index is 13.3. The van der Waals surface area contributed by atoms with Gasteiger partial charge in [-0.3, -0.25) is 4.98 Å². The van der Waals surface area contributed by atoms with Gasteiger partial charge in [0.25, 0.3) is 10.0 Å². The number of hydrogen-bond donors (Lipinski definition) is 0. The molecule has 0 aliphatic rings. The van der Waals surface area contributed by atoms with Crippen LogP contribution in [-0.4, -0.2) is 38.7 Å². The fourth-order valence-electron chi connectivity index (χ4n) is 1.70. The SMILES string of the molecule is CN(C)C=NS(=O)(=O)c1ccccc1-c1cncc(F)c1. The largest absolute Gasteiger partial charge is 0.368 e. The Bertz CT molecular complexity index is 773. The lowest BCUT2D eigenvalue weighted by atomic mass is 10.1. The molecule has 2 rings (SSSR count). The van der Waals surface area contributed by atoms with E-state index < -0.39 is 15.8 Å². The molecule has 0 bridgehead atoms. The van der Waals surface area contributed by atoms with E-state index in [1.165, 1.54) is 29.6 Å². The van der Waals surface area contributed by atoms with E-state index >= 15 is 0 Å². The molecule has 1 aromatic heterocycles. The summed E-state index contributed by atoms with van der Waals surface area (Å²) in [4.78, 5) is 5.27. The number of rotatable bonds is 4. The van der Waals surface area contributed by atoms with E-state index in [2.05, 4.69) is 9.38 Å². The van der Waals surface area contributed by atoms with Crippen LogP contribution in [0.25, 0.3) is 11.1 Å². The summed E-state index contributed by atoms with van der Waals surface area (Å²) < 4.78 is 41.4. The molecule has 0 unspecified atom stereocenters. The average Bonchev–Trinajstić information content (AvgIpc) is 2.45. The first-order valence-corrected chi connectivity index (χ1v) is 7.51. The first-order valence-electron chi connectivity index (χ1n) is 6.07. The van der Waals surface area contributed by atoms with Crippen molar-refractivity contribution in [1.29, 1.82) is 0 Å². The second-order valence-electron chi connectivity index (χ2n) is 4.55. The van der Waals surface area contributed by atoms with E-state index in [1.807, 2.05) is 0 Å². The highest BCUT2D eigenvalue weighted by atomic mass is 32.2. The minimum Gasteiger partial charge on any atom is -0.368 e. The molecule has 2 aromatic rings. The third kappa shape index (κ3) is 3.63. The molecular weight excluding hydrogens is 293 g/mol. The zero-order valence-electron chi connectivity index (χ0n) is 11.6. The quantitative estimate of drug-likeness (QED) is 0.641. The highest BCUT2D eigenvalue weighted by Crippen LogP contribution is 2.28. The molecule has 0 aliphatic heterocycles. The van der Waals surface area contributed by atoms with Crippen LogP contribution in [0.4, 0.5) is 4.39 Å². The van der Waals surface area contributed by atoms with Gasteiger partial charge in [0.1, 0.15) is 12.2 Å². The summed E-state index contributed by atoms with van der Waals surface area (Å²) >= 11 is 0. The number of benzene rings is 1. The number of pyridine rings is 1. The first kappa shape index (κ1) is 15.1. The van der Waals surface area contributed by atoms with Gasteiger partial charge in [-0.05, 0) is 12.1 Å². The van der Waals surface area contributed by atoms with Gasteiger partial charge >= 0.3 is 0 Å². The van der Waals surface area contributed by atoms with Crippen molar-refractivity contribution in [2.75, 3.05) is 14.1 Å². The molecule has 0 spiro atoms. The zero-order valence-corrected chi connectivity index (χ0v) is 12.4. The lowest BCUT2D eigenvalue weighted by molar-refractivity contribution is 0.595. The van der Waals surface area contributed by atoms with Crippen LogP contribution in [-0.2, 0) is 10.0 Å². The van der Waals surface area contributed by atoms with Gasteiger partial charge in [0.05, 0.1) is 11.1 Å². The average molecular weight is 307 g/mol. The van der Waals surface area contributed by atoms with Crippen molar-refractivity contribution in [3.05, 3.63) is 48.5 Å². The zero-order chi connectivity index (χ0) is 15.5. The molecule has 0 fully saturated rings. The topological polar surface area (TPSA) is 62.6 Å². The van der Waals surface area contributed by atoms with Gasteiger partial charge in [0, 0.05) is 31.4 Å². The minimum absolute atomic E-state index is 0.00972. The molecule has 0 saturated heterocycles. The molecule has 0 amide bonds. The van der Waals surface area contributed by atoms with Crippen molar-refractivity contribution in [2.45, 2.75) is 4.90 Å². The Morgan fingerprint density at radius 1 is 1.24 bits per heavy atom.